The number of para-hydroxylation sites is 1. The van der Waals surface area contributed by atoms with Crippen molar-refractivity contribution in [1.29, 1.82) is 5.26 Å². The van der Waals surface area contributed by atoms with Crippen LogP contribution in [0.1, 0.15) is 25.3 Å². The van der Waals surface area contributed by atoms with Gasteiger partial charge in [0.05, 0.1) is 17.7 Å². The molecule has 0 aliphatic heterocycles. The summed E-state index contributed by atoms with van der Waals surface area (Å²) in [5.74, 6) is -0.659. The number of halogens is 2. The highest BCUT2D eigenvalue weighted by Crippen LogP contribution is 2.20. The molecule has 0 aliphatic rings. The van der Waals surface area contributed by atoms with Gasteiger partial charge in [-0.1, -0.05) is 31.5 Å². The van der Waals surface area contributed by atoms with Crippen molar-refractivity contribution in [1.82, 2.24) is 9.88 Å². The SMILES string of the molecule is CCCCNC(=O)/C(C#N)=c1\s/c(=C\c2ccccc2OC(F)F)c(=O)n1CCOC. The number of nitriles is 1. The maximum Gasteiger partial charge on any atom is 0.387 e. The van der Waals surface area contributed by atoms with Gasteiger partial charge in [0.15, 0.2) is 5.57 Å². The molecule has 1 aromatic carbocycles. The molecule has 0 radical (unpaired) electrons. The molecular formula is C21H23F2N3O4S. The lowest BCUT2D eigenvalue weighted by atomic mass is 10.2. The number of carbonyl (C=O) groups excluding carboxylic acids is 1. The molecule has 1 N–H and O–H groups in total. The lowest BCUT2D eigenvalue weighted by Gasteiger charge is -2.06. The predicted octanol–water partition coefficient (Wildman–Crippen LogP) is 1.58. The van der Waals surface area contributed by atoms with Gasteiger partial charge in [-0.05, 0) is 18.6 Å². The first-order valence-electron chi connectivity index (χ1n) is 9.59. The summed E-state index contributed by atoms with van der Waals surface area (Å²) in [5, 5.41) is 12.3. The van der Waals surface area contributed by atoms with E-state index in [4.69, 9.17) is 4.74 Å². The molecule has 1 aromatic heterocycles. The van der Waals surface area contributed by atoms with E-state index in [0.717, 1.165) is 24.2 Å². The third-order valence-electron chi connectivity index (χ3n) is 4.22. The smallest absolute Gasteiger partial charge is 0.387 e. The molecule has 1 amide bonds. The number of thiazole rings is 1. The molecule has 2 rings (SSSR count). The van der Waals surface area contributed by atoms with Gasteiger partial charge >= 0.3 is 6.61 Å². The molecule has 0 saturated heterocycles. The lowest BCUT2D eigenvalue weighted by Crippen LogP contribution is -2.36. The van der Waals surface area contributed by atoms with Gasteiger partial charge in [-0.3, -0.25) is 14.2 Å². The van der Waals surface area contributed by atoms with Crippen LogP contribution in [-0.2, 0) is 16.1 Å². The summed E-state index contributed by atoms with van der Waals surface area (Å²) >= 11 is 0.935. The summed E-state index contributed by atoms with van der Waals surface area (Å²) in [5.41, 5.74) is -0.374. The molecule has 31 heavy (non-hydrogen) atoms. The summed E-state index contributed by atoms with van der Waals surface area (Å²) in [6, 6.07) is 7.93. The highest BCUT2D eigenvalue weighted by atomic mass is 32.1. The standard InChI is InChI=1S/C21H23F2N3O4S/c1-3-4-9-25-18(27)15(13-24)20-26(10-11-29-2)19(28)17(31-20)12-14-7-5-6-8-16(14)30-21(22)23/h5-8,12,21H,3-4,9-11H2,1-2H3,(H,25,27)/b17-12-,20-15-. The second-order valence-corrected chi connectivity index (χ2v) is 7.41. The number of nitrogens with zero attached hydrogens (tertiary/aromatic N) is 2. The molecule has 0 bridgehead atoms. The number of methoxy groups -OCH3 is 1. The van der Waals surface area contributed by atoms with E-state index in [1.165, 1.54) is 36.0 Å². The van der Waals surface area contributed by atoms with Crippen molar-refractivity contribution in [2.75, 3.05) is 20.3 Å². The Morgan fingerprint density at radius 3 is 2.77 bits per heavy atom. The number of unbranched alkanes of at least 4 members (excludes halogenated alkanes) is 1. The highest BCUT2D eigenvalue weighted by molar-refractivity contribution is 7.07. The van der Waals surface area contributed by atoms with Gasteiger partial charge in [0, 0.05) is 19.2 Å². The van der Waals surface area contributed by atoms with Crippen LogP contribution in [0.5, 0.6) is 5.75 Å². The second kappa shape index (κ2) is 12.0. The van der Waals surface area contributed by atoms with E-state index in [9.17, 15) is 23.6 Å². The van der Waals surface area contributed by atoms with Crippen molar-refractivity contribution in [3.05, 3.63) is 49.4 Å². The van der Waals surface area contributed by atoms with E-state index < -0.39 is 18.1 Å². The molecule has 0 aliphatic carbocycles. The minimum absolute atomic E-state index is 0.0860. The molecule has 1 heterocycles. The number of hydrogen-bond acceptors (Lipinski definition) is 6. The Morgan fingerprint density at radius 1 is 1.39 bits per heavy atom. The Bertz CT molecular complexity index is 1120. The van der Waals surface area contributed by atoms with Crippen molar-refractivity contribution in [3.8, 4) is 11.8 Å². The van der Waals surface area contributed by atoms with Crippen LogP contribution in [0.15, 0.2) is 29.1 Å². The normalized spacial score (nSPS) is 12.6. The Hall–Kier alpha value is -3.03. The average Bonchev–Trinajstić information content (AvgIpc) is 3.03. The van der Waals surface area contributed by atoms with Crippen LogP contribution >= 0.6 is 11.3 Å². The maximum absolute atomic E-state index is 13.0. The minimum Gasteiger partial charge on any atom is -0.434 e. The Kier molecular flexibility index (Phi) is 9.37. The fourth-order valence-electron chi connectivity index (χ4n) is 2.70. The zero-order valence-electron chi connectivity index (χ0n) is 17.2. The summed E-state index contributed by atoms with van der Waals surface area (Å²) < 4.78 is 36.6. The van der Waals surface area contributed by atoms with E-state index in [1.807, 2.05) is 13.0 Å². The van der Waals surface area contributed by atoms with Crippen LogP contribution in [0, 0.1) is 11.3 Å². The first-order valence-corrected chi connectivity index (χ1v) is 10.4. The second-order valence-electron chi connectivity index (χ2n) is 6.38. The average molecular weight is 451 g/mol. The van der Waals surface area contributed by atoms with Crippen LogP contribution < -0.4 is 24.8 Å². The van der Waals surface area contributed by atoms with Crippen LogP contribution in [0.4, 0.5) is 8.78 Å². The van der Waals surface area contributed by atoms with E-state index in [0.29, 0.717) is 6.54 Å². The number of rotatable bonds is 10. The van der Waals surface area contributed by atoms with Gasteiger partial charge in [-0.25, -0.2) is 0 Å². The molecule has 0 unspecified atom stereocenters. The minimum atomic E-state index is -3.02. The van der Waals surface area contributed by atoms with Gasteiger partial charge < -0.3 is 14.8 Å². The summed E-state index contributed by atoms with van der Waals surface area (Å²) in [6.07, 6.45) is 3.03. The predicted molar refractivity (Wildman–Crippen MR) is 113 cm³/mol. The number of ether oxygens (including phenoxy) is 2. The zero-order valence-corrected chi connectivity index (χ0v) is 18.0. The maximum atomic E-state index is 13.0. The molecule has 166 valence electrons. The number of aromatic nitrogens is 1. The Balaban J connectivity index is 2.67. The molecule has 0 atom stereocenters. The molecule has 2 aromatic rings. The summed E-state index contributed by atoms with van der Waals surface area (Å²) in [7, 11) is 1.47. The van der Waals surface area contributed by atoms with Crippen LogP contribution in [-0.4, -0.2) is 37.3 Å². The van der Waals surface area contributed by atoms with Gasteiger partial charge in [-0.2, -0.15) is 14.0 Å². The number of alkyl halides is 2. The quantitative estimate of drug-likeness (QED) is 0.554. The molecular weight excluding hydrogens is 428 g/mol. The monoisotopic (exact) mass is 451 g/mol. The Labute approximate surface area is 181 Å². The summed E-state index contributed by atoms with van der Waals surface area (Å²) in [4.78, 5) is 25.5. The van der Waals surface area contributed by atoms with Gasteiger partial charge in [-0.15, -0.1) is 11.3 Å². The Morgan fingerprint density at radius 2 is 2.13 bits per heavy atom. The van der Waals surface area contributed by atoms with E-state index >= 15 is 0 Å². The zero-order chi connectivity index (χ0) is 22.8. The molecule has 0 saturated carbocycles. The van der Waals surface area contributed by atoms with Gasteiger partial charge in [0.2, 0.25) is 0 Å². The molecule has 0 fully saturated rings. The molecule has 7 nitrogen and oxygen atoms in total. The van der Waals surface area contributed by atoms with Gasteiger partial charge in [0.1, 0.15) is 16.5 Å². The third-order valence-corrected chi connectivity index (χ3v) is 5.35. The van der Waals surface area contributed by atoms with Crippen LogP contribution in [0.25, 0.3) is 11.6 Å². The number of nitrogens with one attached hydrogen (secondary N) is 1. The van der Waals surface area contributed by atoms with Gasteiger partial charge in [0.25, 0.3) is 11.5 Å². The first kappa shape index (κ1) is 24.2. The number of benzene rings is 1. The topological polar surface area (TPSA) is 93.4 Å². The fourth-order valence-corrected chi connectivity index (χ4v) is 3.81. The molecule has 0 spiro atoms. The van der Waals surface area contributed by atoms with E-state index in [1.54, 1.807) is 6.07 Å². The van der Waals surface area contributed by atoms with E-state index in [-0.39, 0.29) is 39.2 Å². The number of amides is 1. The van der Waals surface area contributed by atoms with Crippen molar-refractivity contribution in [2.24, 2.45) is 0 Å². The van der Waals surface area contributed by atoms with Crippen molar-refractivity contribution >= 4 is 28.9 Å². The number of hydrogen-bond donors (Lipinski definition) is 1. The largest absolute Gasteiger partial charge is 0.434 e. The highest BCUT2D eigenvalue weighted by Gasteiger charge is 2.16. The van der Waals surface area contributed by atoms with Crippen molar-refractivity contribution in [2.45, 2.75) is 32.9 Å². The van der Waals surface area contributed by atoms with Crippen molar-refractivity contribution in [3.63, 3.8) is 0 Å². The third kappa shape index (κ3) is 6.47. The van der Waals surface area contributed by atoms with E-state index in [2.05, 4.69) is 10.1 Å². The van der Waals surface area contributed by atoms with Crippen molar-refractivity contribution < 1.29 is 23.0 Å². The lowest BCUT2D eigenvalue weighted by molar-refractivity contribution is -0.115. The first-order chi connectivity index (χ1) is 14.9. The fraction of sp³-hybridized carbons (Fsp3) is 0.381. The van der Waals surface area contributed by atoms with Crippen LogP contribution in [0.3, 0.4) is 0 Å². The van der Waals surface area contributed by atoms with Crippen LogP contribution in [0.2, 0.25) is 0 Å². The molecule has 10 heteroatoms. The summed E-state index contributed by atoms with van der Waals surface area (Å²) in [6.45, 7) is -0.328. The number of carbonyl (C=O) groups is 1.